The summed E-state index contributed by atoms with van der Waals surface area (Å²) in [5, 5.41) is 21.7. The van der Waals surface area contributed by atoms with Gasteiger partial charge in [0.2, 0.25) is 0 Å². The standard InChI is InChI=1S/C22H25F2N5O3S/c1-2-15-11-28(20-17(24)8-13(10-25-20)7-16(31)12-30)5-6-29(15)22(32)27-21-26-18-4-3-14(23)9-19(18)33-21/h3-4,8-10,15-16,30-31H,2,5-7,11-12H2,1H3,(H,26,27,32)/t15-,16+/m0/s1. The summed E-state index contributed by atoms with van der Waals surface area (Å²) < 4.78 is 28.8. The average Bonchev–Trinajstić information content (AvgIpc) is 3.19. The van der Waals surface area contributed by atoms with Crippen molar-refractivity contribution in [2.75, 3.05) is 36.5 Å². The topological polar surface area (TPSA) is 102 Å². The number of pyridine rings is 1. The van der Waals surface area contributed by atoms with Crippen LogP contribution >= 0.6 is 11.3 Å². The molecule has 2 amide bonds. The van der Waals surface area contributed by atoms with Crippen molar-refractivity contribution in [2.24, 2.45) is 0 Å². The lowest BCUT2D eigenvalue weighted by molar-refractivity contribution is 0.0954. The molecule has 3 heterocycles. The summed E-state index contributed by atoms with van der Waals surface area (Å²) in [6.45, 7) is 2.74. The predicted octanol–water partition coefficient (Wildman–Crippen LogP) is 3.00. The van der Waals surface area contributed by atoms with Gasteiger partial charge in [0.15, 0.2) is 16.8 Å². The van der Waals surface area contributed by atoms with Crippen molar-refractivity contribution < 1.29 is 23.8 Å². The van der Waals surface area contributed by atoms with Crippen molar-refractivity contribution in [1.82, 2.24) is 14.9 Å². The third-order valence-corrected chi connectivity index (χ3v) is 6.57. The second kappa shape index (κ2) is 9.94. The molecule has 3 aromatic rings. The number of hydrogen-bond acceptors (Lipinski definition) is 7. The predicted molar refractivity (Wildman–Crippen MR) is 123 cm³/mol. The second-order valence-electron chi connectivity index (χ2n) is 7.95. The monoisotopic (exact) mass is 477 g/mol. The minimum atomic E-state index is -0.960. The van der Waals surface area contributed by atoms with E-state index < -0.39 is 18.5 Å². The van der Waals surface area contributed by atoms with E-state index in [1.54, 1.807) is 15.9 Å². The molecule has 2 atom stereocenters. The maximum absolute atomic E-state index is 14.7. The fraction of sp³-hybridized carbons (Fsp3) is 0.409. The van der Waals surface area contributed by atoms with Crippen LogP contribution in [0.4, 0.5) is 24.5 Å². The van der Waals surface area contributed by atoms with Crippen molar-refractivity contribution in [3.8, 4) is 0 Å². The SMILES string of the molecule is CC[C@H]1CN(c2ncc(C[C@@H](O)CO)cc2F)CCN1C(=O)Nc1nc2ccc(F)cc2s1. The number of rotatable bonds is 6. The van der Waals surface area contributed by atoms with Gasteiger partial charge in [-0.15, -0.1) is 0 Å². The van der Waals surface area contributed by atoms with Gasteiger partial charge in [-0.1, -0.05) is 18.3 Å². The quantitative estimate of drug-likeness (QED) is 0.505. The number of thiazole rings is 1. The summed E-state index contributed by atoms with van der Waals surface area (Å²) in [4.78, 5) is 25.0. The summed E-state index contributed by atoms with van der Waals surface area (Å²) in [7, 11) is 0. The van der Waals surface area contributed by atoms with Gasteiger partial charge in [0.05, 0.1) is 29.0 Å². The molecule has 0 bridgehead atoms. The summed E-state index contributed by atoms with van der Waals surface area (Å²) >= 11 is 1.21. The van der Waals surface area contributed by atoms with E-state index in [2.05, 4.69) is 15.3 Å². The van der Waals surface area contributed by atoms with Gasteiger partial charge >= 0.3 is 6.03 Å². The number of urea groups is 1. The van der Waals surface area contributed by atoms with Gasteiger partial charge in [0, 0.05) is 32.3 Å². The number of nitrogens with one attached hydrogen (secondary N) is 1. The highest BCUT2D eigenvalue weighted by molar-refractivity contribution is 7.22. The first-order chi connectivity index (χ1) is 15.9. The van der Waals surface area contributed by atoms with Crippen LogP contribution in [0.3, 0.4) is 0 Å². The summed E-state index contributed by atoms with van der Waals surface area (Å²) in [6.07, 6.45) is 1.31. The average molecular weight is 478 g/mol. The summed E-state index contributed by atoms with van der Waals surface area (Å²) in [5.41, 5.74) is 1.11. The molecule has 3 N–H and O–H groups in total. The van der Waals surface area contributed by atoms with Gasteiger partial charge in [-0.3, -0.25) is 5.32 Å². The Balaban J connectivity index is 1.43. The number of hydrogen-bond donors (Lipinski definition) is 3. The lowest BCUT2D eigenvalue weighted by Gasteiger charge is -2.41. The minimum Gasteiger partial charge on any atom is -0.394 e. The molecule has 1 saturated heterocycles. The van der Waals surface area contributed by atoms with E-state index in [9.17, 15) is 18.7 Å². The molecule has 0 spiro atoms. The highest BCUT2D eigenvalue weighted by atomic mass is 32.1. The number of aliphatic hydroxyl groups excluding tert-OH is 2. The molecular weight excluding hydrogens is 452 g/mol. The lowest BCUT2D eigenvalue weighted by Crippen LogP contribution is -2.56. The van der Waals surface area contributed by atoms with Gasteiger partial charge in [-0.05, 0) is 36.2 Å². The number of benzene rings is 1. The van der Waals surface area contributed by atoms with E-state index in [0.717, 1.165) is 0 Å². The van der Waals surface area contributed by atoms with E-state index in [1.807, 2.05) is 6.92 Å². The van der Waals surface area contributed by atoms with Crippen LogP contribution in [-0.4, -0.2) is 69.5 Å². The molecular formula is C22H25F2N5O3S. The highest BCUT2D eigenvalue weighted by Gasteiger charge is 2.31. The van der Waals surface area contributed by atoms with E-state index in [0.29, 0.717) is 47.0 Å². The molecule has 1 fully saturated rings. The number of aliphatic hydroxyl groups is 2. The number of piperazine rings is 1. The Bertz CT molecular complexity index is 1140. The lowest BCUT2D eigenvalue weighted by atomic mass is 10.1. The number of aromatic nitrogens is 2. The number of nitrogens with zero attached hydrogens (tertiary/aromatic N) is 4. The zero-order valence-electron chi connectivity index (χ0n) is 18.0. The van der Waals surface area contributed by atoms with Crippen LogP contribution in [0.1, 0.15) is 18.9 Å². The third kappa shape index (κ3) is 5.21. The fourth-order valence-corrected chi connectivity index (χ4v) is 4.81. The van der Waals surface area contributed by atoms with E-state index in [4.69, 9.17) is 5.11 Å². The van der Waals surface area contributed by atoms with Crippen LogP contribution in [0, 0.1) is 11.6 Å². The van der Waals surface area contributed by atoms with Crippen molar-refractivity contribution in [2.45, 2.75) is 31.9 Å². The zero-order valence-corrected chi connectivity index (χ0v) is 18.9. The largest absolute Gasteiger partial charge is 0.394 e. The number of carbonyl (C=O) groups is 1. The Labute approximate surface area is 193 Å². The molecule has 33 heavy (non-hydrogen) atoms. The second-order valence-corrected chi connectivity index (χ2v) is 8.98. The Morgan fingerprint density at radius 3 is 2.88 bits per heavy atom. The van der Waals surface area contributed by atoms with Gasteiger partial charge in [0.25, 0.3) is 0 Å². The van der Waals surface area contributed by atoms with E-state index in [-0.39, 0.29) is 30.1 Å². The first-order valence-corrected chi connectivity index (χ1v) is 11.5. The van der Waals surface area contributed by atoms with Crippen molar-refractivity contribution in [3.05, 3.63) is 47.7 Å². The zero-order chi connectivity index (χ0) is 23.5. The van der Waals surface area contributed by atoms with Crippen LogP contribution in [-0.2, 0) is 6.42 Å². The Kier molecular flexibility index (Phi) is 7.01. The number of amides is 2. The number of anilines is 2. The van der Waals surface area contributed by atoms with Crippen molar-refractivity contribution in [3.63, 3.8) is 0 Å². The molecule has 8 nitrogen and oxygen atoms in total. The Morgan fingerprint density at radius 1 is 1.33 bits per heavy atom. The molecule has 0 aliphatic carbocycles. The maximum Gasteiger partial charge on any atom is 0.324 e. The van der Waals surface area contributed by atoms with Gasteiger partial charge in [-0.2, -0.15) is 0 Å². The molecule has 1 aliphatic heterocycles. The van der Waals surface area contributed by atoms with Crippen LogP contribution in [0.2, 0.25) is 0 Å². The molecule has 0 saturated carbocycles. The summed E-state index contributed by atoms with van der Waals surface area (Å²) in [5.74, 6) is -0.666. The first-order valence-electron chi connectivity index (χ1n) is 10.7. The third-order valence-electron chi connectivity index (χ3n) is 5.64. The van der Waals surface area contributed by atoms with Crippen LogP contribution in [0.5, 0.6) is 0 Å². The van der Waals surface area contributed by atoms with Crippen LogP contribution in [0.15, 0.2) is 30.5 Å². The molecule has 11 heteroatoms. The smallest absolute Gasteiger partial charge is 0.324 e. The van der Waals surface area contributed by atoms with Crippen LogP contribution in [0.25, 0.3) is 10.2 Å². The number of fused-ring (bicyclic) bond motifs is 1. The minimum absolute atomic E-state index is 0.116. The molecule has 2 aromatic heterocycles. The van der Waals surface area contributed by atoms with Crippen molar-refractivity contribution >= 4 is 38.5 Å². The molecule has 1 aromatic carbocycles. The molecule has 0 radical (unpaired) electrons. The fourth-order valence-electron chi connectivity index (χ4n) is 3.93. The molecule has 4 rings (SSSR count). The van der Waals surface area contributed by atoms with Gasteiger partial charge in [-0.25, -0.2) is 23.5 Å². The Morgan fingerprint density at radius 2 is 2.15 bits per heavy atom. The Hall–Kier alpha value is -2.89. The highest BCUT2D eigenvalue weighted by Crippen LogP contribution is 2.28. The maximum atomic E-state index is 14.7. The van der Waals surface area contributed by atoms with Crippen molar-refractivity contribution in [1.29, 1.82) is 0 Å². The molecule has 1 aliphatic rings. The van der Waals surface area contributed by atoms with Crippen LogP contribution < -0.4 is 10.2 Å². The van der Waals surface area contributed by atoms with E-state index in [1.165, 1.54) is 35.7 Å². The number of halogens is 2. The van der Waals surface area contributed by atoms with Gasteiger partial charge < -0.3 is 20.0 Å². The first kappa shape index (κ1) is 23.3. The van der Waals surface area contributed by atoms with Gasteiger partial charge in [0.1, 0.15) is 5.82 Å². The molecule has 0 unspecified atom stereocenters. The summed E-state index contributed by atoms with van der Waals surface area (Å²) in [6, 6.07) is 5.13. The number of carbonyl (C=O) groups excluding carboxylic acids is 1. The normalized spacial score (nSPS) is 17.4. The van der Waals surface area contributed by atoms with E-state index >= 15 is 0 Å². The molecule has 176 valence electrons.